The third kappa shape index (κ3) is 4.44. The number of hydrogen-bond donors (Lipinski definition) is 0. The second-order valence-corrected chi connectivity index (χ2v) is 8.41. The first-order chi connectivity index (χ1) is 14.8. The lowest BCUT2D eigenvalue weighted by Gasteiger charge is -2.24. The molecule has 0 radical (unpaired) electrons. The van der Waals surface area contributed by atoms with E-state index in [-0.39, 0.29) is 25.1 Å². The Morgan fingerprint density at radius 3 is 2.58 bits per heavy atom. The van der Waals surface area contributed by atoms with Gasteiger partial charge in [-0.25, -0.2) is 4.98 Å². The minimum Gasteiger partial charge on any atom is -0.357 e. The van der Waals surface area contributed by atoms with Crippen molar-refractivity contribution in [2.24, 2.45) is 5.92 Å². The lowest BCUT2D eigenvalue weighted by molar-refractivity contribution is -0.168. The van der Waals surface area contributed by atoms with Crippen LogP contribution in [0.2, 0.25) is 5.02 Å². The Labute approximate surface area is 183 Å². The quantitative estimate of drug-likeness (QED) is 0.470. The van der Waals surface area contributed by atoms with Crippen LogP contribution in [0, 0.1) is 5.92 Å². The van der Waals surface area contributed by atoms with Crippen LogP contribution in [0.4, 0.5) is 19.0 Å². The first-order valence-corrected chi connectivity index (χ1v) is 10.9. The number of anilines is 1. The molecule has 1 fully saturated rings. The standard InChI is InChI=1S/C22H24ClF3N4O/c1-2-3-4-10-29-19(28-11-9-16(13-28)22(24,25)26)12-20(31)30-14-18(27-21(29)30)15-5-7-17(23)8-6-15/h5-8,12,14,16H,2-4,9-11,13H2,1H3. The van der Waals surface area contributed by atoms with Gasteiger partial charge in [-0.1, -0.05) is 43.5 Å². The number of alkyl halides is 3. The molecule has 0 spiro atoms. The van der Waals surface area contributed by atoms with Crippen molar-refractivity contribution in [2.75, 3.05) is 18.0 Å². The smallest absolute Gasteiger partial charge is 0.357 e. The van der Waals surface area contributed by atoms with E-state index in [0.717, 1.165) is 24.8 Å². The van der Waals surface area contributed by atoms with E-state index in [1.807, 2.05) is 16.7 Å². The molecule has 1 aliphatic heterocycles. The van der Waals surface area contributed by atoms with Gasteiger partial charge in [0.15, 0.2) is 0 Å². The molecule has 0 N–H and O–H groups in total. The van der Waals surface area contributed by atoms with Gasteiger partial charge in [-0.2, -0.15) is 13.2 Å². The van der Waals surface area contributed by atoms with Gasteiger partial charge in [-0.05, 0) is 25.0 Å². The van der Waals surface area contributed by atoms with Crippen LogP contribution in [0.25, 0.3) is 17.0 Å². The number of fused-ring (bicyclic) bond motifs is 1. The highest BCUT2D eigenvalue weighted by Crippen LogP contribution is 2.35. The van der Waals surface area contributed by atoms with Crippen molar-refractivity contribution < 1.29 is 13.2 Å². The summed E-state index contributed by atoms with van der Waals surface area (Å²) in [5, 5.41) is 0.599. The van der Waals surface area contributed by atoms with Crippen LogP contribution >= 0.6 is 11.6 Å². The summed E-state index contributed by atoms with van der Waals surface area (Å²) >= 11 is 5.97. The lowest BCUT2D eigenvalue weighted by atomic mass is 10.1. The Bertz CT molecular complexity index is 1120. The topological polar surface area (TPSA) is 42.5 Å². The van der Waals surface area contributed by atoms with E-state index in [1.165, 1.54) is 10.5 Å². The molecule has 1 saturated heterocycles. The Balaban J connectivity index is 1.79. The van der Waals surface area contributed by atoms with Crippen molar-refractivity contribution in [2.45, 2.75) is 45.3 Å². The van der Waals surface area contributed by atoms with Gasteiger partial charge in [0.25, 0.3) is 5.56 Å². The molecule has 0 saturated carbocycles. The van der Waals surface area contributed by atoms with Crippen molar-refractivity contribution in [1.29, 1.82) is 0 Å². The molecule has 1 aliphatic rings. The number of imidazole rings is 1. The zero-order chi connectivity index (χ0) is 22.2. The van der Waals surface area contributed by atoms with E-state index >= 15 is 0 Å². The number of halogens is 4. The summed E-state index contributed by atoms with van der Waals surface area (Å²) in [6.07, 6.45) is 0.304. The predicted octanol–water partition coefficient (Wildman–Crippen LogP) is 5.40. The maximum absolute atomic E-state index is 13.2. The molecule has 1 atom stereocenters. The third-order valence-corrected chi connectivity index (χ3v) is 6.05. The molecule has 5 nitrogen and oxygen atoms in total. The summed E-state index contributed by atoms with van der Waals surface area (Å²) in [6, 6.07) is 8.59. The van der Waals surface area contributed by atoms with Crippen LogP contribution in [-0.4, -0.2) is 33.2 Å². The van der Waals surface area contributed by atoms with Crippen LogP contribution in [0.15, 0.2) is 41.3 Å². The molecule has 0 bridgehead atoms. The molecule has 9 heteroatoms. The largest absolute Gasteiger partial charge is 0.393 e. The minimum atomic E-state index is -4.23. The number of rotatable bonds is 6. The van der Waals surface area contributed by atoms with E-state index in [2.05, 4.69) is 11.9 Å². The summed E-state index contributed by atoms with van der Waals surface area (Å²) in [5.74, 6) is -0.431. The van der Waals surface area contributed by atoms with Crippen LogP contribution in [0.3, 0.4) is 0 Å². The van der Waals surface area contributed by atoms with E-state index in [1.54, 1.807) is 23.2 Å². The maximum atomic E-state index is 13.2. The van der Waals surface area contributed by atoms with Gasteiger partial charge in [0.1, 0.15) is 5.82 Å². The second kappa shape index (κ2) is 8.57. The molecule has 3 aromatic rings. The fraction of sp³-hybridized carbons (Fsp3) is 0.455. The normalized spacial score (nSPS) is 17.1. The summed E-state index contributed by atoms with van der Waals surface area (Å²) in [5.41, 5.74) is 1.12. The van der Waals surface area contributed by atoms with Gasteiger partial charge >= 0.3 is 6.18 Å². The summed E-state index contributed by atoms with van der Waals surface area (Å²) < 4.78 is 43.0. The molecular formula is C22H24ClF3N4O. The Hall–Kier alpha value is -2.48. The van der Waals surface area contributed by atoms with Crippen LogP contribution < -0.4 is 10.5 Å². The molecule has 1 aromatic carbocycles. The summed E-state index contributed by atoms with van der Waals surface area (Å²) in [4.78, 5) is 19.2. The van der Waals surface area contributed by atoms with Crippen LogP contribution in [0.5, 0.6) is 0 Å². The van der Waals surface area contributed by atoms with Gasteiger partial charge in [-0.3, -0.25) is 13.8 Å². The van der Waals surface area contributed by atoms with Gasteiger partial charge < -0.3 is 4.90 Å². The maximum Gasteiger partial charge on any atom is 0.393 e. The van der Waals surface area contributed by atoms with Crippen molar-refractivity contribution in [3.05, 3.63) is 51.9 Å². The van der Waals surface area contributed by atoms with E-state index in [4.69, 9.17) is 11.6 Å². The number of aryl methyl sites for hydroxylation is 1. The van der Waals surface area contributed by atoms with Crippen molar-refractivity contribution in [3.63, 3.8) is 0 Å². The van der Waals surface area contributed by atoms with Crippen molar-refractivity contribution in [3.8, 4) is 11.3 Å². The first-order valence-electron chi connectivity index (χ1n) is 10.5. The van der Waals surface area contributed by atoms with E-state index in [9.17, 15) is 18.0 Å². The molecule has 166 valence electrons. The van der Waals surface area contributed by atoms with Gasteiger partial charge in [0, 0.05) is 42.5 Å². The second-order valence-electron chi connectivity index (χ2n) is 7.98. The fourth-order valence-electron chi connectivity index (χ4n) is 4.08. The number of nitrogens with zero attached hydrogens (tertiary/aromatic N) is 4. The molecule has 4 rings (SSSR count). The molecular weight excluding hydrogens is 429 g/mol. The highest BCUT2D eigenvalue weighted by Gasteiger charge is 2.44. The van der Waals surface area contributed by atoms with Crippen LogP contribution in [0.1, 0.15) is 32.6 Å². The predicted molar refractivity (Wildman–Crippen MR) is 116 cm³/mol. The minimum absolute atomic E-state index is 0.0301. The zero-order valence-corrected chi connectivity index (χ0v) is 18.0. The highest BCUT2D eigenvalue weighted by atomic mass is 35.5. The fourth-order valence-corrected chi connectivity index (χ4v) is 4.20. The van der Waals surface area contributed by atoms with Crippen LogP contribution in [-0.2, 0) is 6.54 Å². The Morgan fingerprint density at radius 1 is 1.19 bits per heavy atom. The average Bonchev–Trinajstić information content (AvgIpc) is 3.38. The number of aromatic nitrogens is 3. The first kappa shape index (κ1) is 21.7. The average molecular weight is 453 g/mol. The number of hydrogen-bond acceptors (Lipinski definition) is 3. The summed E-state index contributed by atoms with van der Waals surface area (Å²) in [6.45, 7) is 2.79. The number of unbranched alkanes of at least 4 members (excludes halogenated alkanes) is 2. The molecule has 1 unspecified atom stereocenters. The lowest BCUT2D eigenvalue weighted by Crippen LogP contribution is -2.31. The molecule has 2 aromatic heterocycles. The Morgan fingerprint density at radius 2 is 1.94 bits per heavy atom. The van der Waals surface area contributed by atoms with Crippen molar-refractivity contribution >= 4 is 23.2 Å². The number of benzene rings is 1. The molecule has 0 amide bonds. The zero-order valence-electron chi connectivity index (χ0n) is 17.2. The summed E-state index contributed by atoms with van der Waals surface area (Å²) in [7, 11) is 0. The third-order valence-electron chi connectivity index (χ3n) is 5.80. The van der Waals surface area contributed by atoms with Crippen molar-refractivity contribution in [1.82, 2.24) is 14.0 Å². The molecule has 0 aliphatic carbocycles. The molecule has 3 heterocycles. The monoisotopic (exact) mass is 452 g/mol. The highest BCUT2D eigenvalue weighted by molar-refractivity contribution is 6.30. The van der Waals surface area contributed by atoms with Gasteiger partial charge in [0.05, 0.1) is 11.6 Å². The molecule has 31 heavy (non-hydrogen) atoms. The van der Waals surface area contributed by atoms with E-state index < -0.39 is 12.1 Å². The van der Waals surface area contributed by atoms with Gasteiger partial charge in [0.2, 0.25) is 5.78 Å². The van der Waals surface area contributed by atoms with E-state index in [0.29, 0.717) is 28.9 Å². The Kier molecular flexibility index (Phi) is 6.01. The SMILES string of the molecule is CCCCCn1c(N2CCC(C(F)(F)F)C2)cc(=O)n2cc(-c3ccc(Cl)cc3)nc12. The van der Waals surface area contributed by atoms with Gasteiger partial charge in [-0.15, -0.1) is 0 Å².